The van der Waals surface area contributed by atoms with Crippen LogP contribution >= 0.6 is 22.9 Å². The summed E-state index contributed by atoms with van der Waals surface area (Å²) in [5.41, 5.74) is 1.40. The fourth-order valence-corrected chi connectivity index (χ4v) is 3.98. The van der Waals surface area contributed by atoms with E-state index in [9.17, 15) is 4.79 Å². The van der Waals surface area contributed by atoms with Crippen LogP contribution in [0.15, 0.2) is 6.07 Å². The molecule has 1 fully saturated rings. The van der Waals surface area contributed by atoms with Gasteiger partial charge in [-0.15, -0.1) is 22.9 Å². The molecule has 2 nitrogen and oxygen atoms in total. The second-order valence-electron chi connectivity index (χ2n) is 4.55. The van der Waals surface area contributed by atoms with Crippen molar-refractivity contribution >= 4 is 28.8 Å². The fourth-order valence-electron chi connectivity index (χ4n) is 2.49. The molecule has 3 rings (SSSR count). The van der Waals surface area contributed by atoms with Crippen LogP contribution in [0.1, 0.15) is 33.0 Å². The van der Waals surface area contributed by atoms with Gasteiger partial charge in [0.25, 0.3) is 5.91 Å². The Labute approximate surface area is 104 Å². The number of aryl methyl sites for hydroxylation is 2. The highest BCUT2D eigenvalue weighted by Gasteiger charge is 2.27. The summed E-state index contributed by atoms with van der Waals surface area (Å²) in [7, 11) is 0. The van der Waals surface area contributed by atoms with Crippen molar-refractivity contribution in [3.8, 4) is 0 Å². The summed E-state index contributed by atoms with van der Waals surface area (Å²) in [4.78, 5) is 16.4. The van der Waals surface area contributed by atoms with Crippen LogP contribution in [-0.4, -0.2) is 29.3 Å². The van der Waals surface area contributed by atoms with Crippen LogP contribution in [0.25, 0.3) is 0 Å². The largest absolute Gasteiger partial charge is 0.336 e. The maximum absolute atomic E-state index is 12.2. The standard InChI is InChI=1S/C12H14ClNOS/c13-9-4-5-14(7-9)12(15)11-6-8-2-1-3-10(8)16-11/h6,9H,1-5,7H2. The molecular formula is C12H14ClNOS. The molecular weight excluding hydrogens is 242 g/mol. The van der Waals surface area contributed by atoms with Crippen LogP contribution in [0.2, 0.25) is 0 Å². The predicted octanol–water partition coefficient (Wildman–Crippen LogP) is 2.69. The summed E-state index contributed by atoms with van der Waals surface area (Å²) in [6, 6.07) is 2.09. The Kier molecular flexibility index (Phi) is 2.68. The second-order valence-corrected chi connectivity index (χ2v) is 6.30. The van der Waals surface area contributed by atoms with E-state index in [0.29, 0.717) is 6.54 Å². The predicted molar refractivity (Wildman–Crippen MR) is 66.5 cm³/mol. The van der Waals surface area contributed by atoms with Gasteiger partial charge < -0.3 is 4.90 Å². The van der Waals surface area contributed by atoms with Gasteiger partial charge >= 0.3 is 0 Å². The van der Waals surface area contributed by atoms with Crippen molar-refractivity contribution < 1.29 is 4.79 Å². The lowest BCUT2D eigenvalue weighted by Gasteiger charge is -2.13. The average molecular weight is 256 g/mol. The molecule has 0 spiro atoms. The molecule has 1 atom stereocenters. The number of carbonyl (C=O) groups excluding carboxylic acids is 1. The van der Waals surface area contributed by atoms with Crippen molar-refractivity contribution in [3.63, 3.8) is 0 Å². The van der Waals surface area contributed by atoms with Crippen LogP contribution in [-0.2, 0) is 12.8 Å². The highest BCUT2D eigenvalue weighted by molar-refractivity contribution is 7.14. The first-order valence-electron chi connectivity index (χ1n) is 5.79. The zero-order valence-corrected chi connectivity index (χ0v) is 10.6. The SMILES string of the molecule is O=C(c1cc2c(s1)CCC2)N1CCC(Cl)C1. The summed E-state index contributed by atoms with van der Waals surface area (Å²) < 4.78 is 0. The van der Waals surface area contributed by atoms with Crippen molar-refractivity contribution in [3.05, 3.63) is 21.4 Å². The van der Waals surface area contributed by atoms with Crippen molar-refractivity contribution in [1.82, 2.24) is 4.90 Å². The molecule has 16 heavy (non-hydrogen) atoms. The highest BCUT2D eigenvalue weighted by atomic mass is 35.5. The van der Waals surface area contributed by atoms with E-state index in [1.165, 1.54) is 16.9 Å². The number of likely N-dealkylation sites (tertiary alicyclic amines) is 1. The van der Waals surface area contributed by atoms with E-state index in [4.69, 9.17) is 11.6 Å². The van der Waals surface area contributed by atoms with Gasteiger partial charge in [-0.3, -0.25) is 4.79 Å². The van der Waals surface area contributed by atoms with Gasteiger partial charge in [0, 0.05) is 18.0 Å². The maximum Gasteiger partial charge on any atom is 0.263 e. The van der Waals surface area contributed by atoms with E-state index in [2.05, 4.69) is 6.07 Å². The van der Waals surface area contributed by atoms with Crippen LogP contribution in [0.5, 0.6) is 0 Å². The Morgan fingerprint density at radius 1 is 1.50 bits per heavy atom. The third-order valence-electron chi connectivity index (χ3n) is 3.38. The van der Waals surface area contributed by atoms with Gasteiger partial charge in [0.15, 0.2) is 0 Å². The van der Waals surface area contributed by atoms with Gasteiger partial charge in [-0.05, 0) is 37.3 Å². The lowest BCUT2D eigenvalue weighted by Crippen LogP contribution is -2.28. The Hall–Kier alpha value is -0.540. The molecule has 1 aliphatic heterocycles. The van der Waals surface area contributed by atoms with E-state index in [-0.39, 0.29) is 11.3 Å². The minimum absolute atomic E-state index is 0.149. The molecule has 86 valence electrons. The van der Waals surface area contributed by atoms with Gasteiger partial charge in [0.1, 0.15) is 0 Å². The summed E-state index contributed by atoms with van der Waals surface area (Å²) in [5.74, 6) is 0.183. The fraction of sp³-hybridized carbons (Fsp3) is 0.583. The van der Waals surface area contributed by atoms with Crippen molar-refractivity contribution in [2.75, 3.05) is 13.1 Å². The first kappa shape index (κ1) is 10.6. The summed E-state index contributed by atoms with van der Waals surface area (Å²) in [6.07, 6.45) is 4.49. The smallest absolute Gasteiger partial charge is 0.263 e. The van der Waals surface area contributed by atoms with Crippen molar-refractivity contribution in [2.45, 2.75) is 31.1 Å². The topological polar surface area (TPSA) is 20.3 Å². The summed E-state index contributed by atoms with van der Waals surface area (Å²) in [6.45, 7) is 1.53. The minimum atomic E-state index is 0.149. The number of fused-ring (bicyclic) bond motifs is 1. The van der Waals surface area contributed by atoms with E-state index in [0.717, 1.165) is 30.7 Å². The van der Waals surface area contributed by atoms with Gasteiger partial charge in [-0.1, -0.05) is 0 Å². The molecule has 2 aliphatic rings. The number of hydrogen-bond donors (Lipinski definition) is 0. The molecule has 4 heteroatoms. The number of carbonyl (C=O) groups is 1. The molecule has 1 aromatic rings. The molecule has 0 N–H and O–H groups in total. The Morgan fingerprint density at radius 2 is 2.38 bits per heavy atom. The van der Waals surface area contributed by atoms with E-state index >= 15 is 0 Å². The molecule has 0 aromatic carbocycles. The average Bonchev–Trinajstić information content (AvgIpc) is 2.89. The van der Waals surface area contributed by atoms with Crippen LogP contribution in [0.4, 0.5) is 0 Å². The van der Waals surface area contributed by atoms with E-state index in [1.807, 2.05) is 4.90 Å². The second kappa shape index (κ2) is 4.04. The number of alkyl halides is 1. The zero-order valence-electron chi connectivity index (χ0n) is 9.04. The molecule has 2 heterocycles. The van der Waals surface area contributed by atoms with Crippen molar-refractivity contribution in [1.29, 1.82) is 0 Å². The molecule has 1 saturated heterocycles. The lowest BCUT2D eigenvalue weighted by molar-refractivity contribution is 0.0798. The third-order valence-corrected chi connectivity index (χ3v) is 4.96. The number of halogens is 1. The lowest BCUT2D eigenvalue weighted by atomic mass is 10.2. The Morgan fingerprint density at radius 3 is 3.06 bits per heavy atom. The molecule has 1 aromatic heterocycles. The number of amides is 1. The molecule has 1 aliphatic carbocycles. The number of nitrogens with zero attached hydrogens (tertiary/aromatic N) is 1. The van der Waals surface area contributed by atoms with Gasteiger partial charge in [-0.25, -0.2) is 0 Å². The molecule has 1 amide bonds. The van der Waals surface area contributed by atoms with Crippen LogP contribution in [0.3, 0.4) is 0 Å². The van der Waals surface area contributed by atoms with E-state index < -0.39 is 0 Å². The normalized spacial score (nSPS) is 23.8. The maximum atomic E-state index is 12.2. The zero-order chi connectivity index (χ0) is 11.1. The highest BCUT2D eigenvalue weighted by Crippen LogP contribution is 2.31. The van der Waals surface area contributed by atoms with E-state index in [1.54, 1.807) is 11.3 Å². The van der Waals surface area contributed by atoms with Crippen LogP contribution < -0.4 is 0 Å². The Balaban J connectivity index is 1.79. The van der Waals surface area contributed by atoms with Gasteiger partial charge in [-0.2, -0.15) is 0 Å². The molecule has 0 radical (unpaired) electrons. The number of hydrogen-bond acceptors (Lipinski definition) is 2. The molecule has 0 bridgehead atoms. The first-order chi connectivity index (χ1) is 7.74. The minimum Gasteiger partial charge on any atom is -0.336 e. The van der Waals surface area contributed by atoms with Gasteiger partial charge in [0.2, 0.25) is 0 Å². The third kappa shape index (κ3) is 1.76. The Bertz CT molecular complexity index is 407. The quantitative estimate of drug-likeness (QED) is 0.707. The molecule has 0 saturated carbocycles. The monoisotopic (exact) mass is 255 g/mol. The summed E-state index contributed by atoms with van der Waals surface area (Å²) >= 11 is 7.71. The number of thiophene rings is 1. The van der Waals surface area contributed by atoms with Crippen LogP contribution in [0, 0.1) is 0 Å². The van der Waals surface area contributed by atoms with Crippen molar-refractivity contribution in [2.24, 2.45) is 0 Å². The number of rotatable bonds is 1. The molecule has 1 unspecified atom stereocenters. The first-order valence-corrected chi connectivity index (χ1v) is 7.04. The van der Waals surface area contributed by atoms with Gasteiger partial charge in [0.05, 0.1) is 10.3 Å². The summed E-state index contributed by atoms with van der Waals surface area (Å²) in [5, 5.41) is 0.149.